The van der Waals surface area contributed by atoms with Crippen LogP contribution in [0.5, 0.6) is 0 Å². The Morgan fingerprint density at radius 3 is 2.04 bits per heavy atom. The van der Waals surface area contributed by atoms with Crippen LogP contribution in [0.1, 0.15) is 53.4 Å². The summed E-state index contributed by atoms with van der Waals surface area (Å²) in [6.45, 7) is 7.70. The molecule has 3 atom stereocenters. The standard InChI is InChI=1S/C17H34N4O3/c1-11(2)10-15(19-5)17(24)20-12(3)16(23)21-14(13(4)22)8-6-7-9-18/h11-12,14-15,19H,6-10,18H2,1-5H3,(H,20,24)(H,21,23)/t12?,14-,15-/m0/s1. The van der Waals surface area contributed by atoms with Crippen molar-refractivity contribution in [2.24, 2.45) is 11.7 Å². The second-order valence-electron chi connectivity index (χ2n) is 6.66. The number of carbonyl (C=O) groups is 3. The topological polar surface area (TPSA) is 113 Å². The lowest BCUT2D eigenvalue weighted by molar-refractivity contribution is -0.131. The predicted molar refractivity (Wildman–Crippen MR) is 95.4 cm³/mol. The second-order valence-corrected chi connectivity index (χ2v) is 6.66. The molecule has 140 valence electrons. The van der Waals surface area contributed by atoms with Crippen LogP contribution in [0.2, 0.25) is 0 Å². The number of nitrogens with one attached hydrogen (secondary N) is 3. The van der Waals surface area contributed by atoms with E-state index in [1.807, 2.05) is 13.8 Å². The highest BCUT2D eigenvalue weighted by molar-refractivity contribution is 5.92. The number of Topliss-reactive ketones (excluding diaryl/α,β-unsaturated/α-hetero) is 1. The maximum absolute atomic E-state index is 12.2. The van der Waals surface area contributed by atoms with Crippen molar-refractivity contribution in [2.75, 3.05) is 13.6 Å². The van der Waals surface area contributed by atoms with Crippen molar-refractivity contribution in [3.8, 4) is 0 Å². The van der Waals surface area contributed by atoms with Gasteiger partial charge in [0.2, 0.25) is 11.8 Å². The molecule has 7 nitrogen and oxygen atoms in total. The molecule has 0 spiro atoms. The fourth-order valence-corrected chi connectivity index (χ4v) is 2.37. The van der Waals surface area contributed by atoms with E-state index in [0.717, 1.165) is 12.8 Å². The van der Waals surface area contributed by atoms with Gasteiger partial charge in [0.1, 0.15) is 6.04 Å². The van der Waals surface area contributed by atoms with Crippen molar-refractivity contribution < 1.29 is 14.4 Å². The Morgan fingerprint density at radius 2 is 1.58 bits per heavy atom. The van der Waals surface area contributed by atoms with Crippen LogP contribution < -0.4 is 21.7 Å². The van der Waals surface area contributed by atoms with Crippen LogP contribution in [-0.2, 0) is 14.4 Å². The van der Waals surface area contributed by atoms with Crippen molar-refractivity contribution in [1.29, 1.82) is 0 Å². The Morgan fingerprint density at radius 1 is 0.958 bits per heavy atom. The Labute approximate surface area is 145 Å². The summed E-state index contributed by atoms with van der Waals surface area (Å²) in [6, 6.07) is -1.57. The number of likely N-dealkylation sites (N-methyl/N-ethyl adjacent to an activating group) is 1. The molecule has 0 aromatic rings. The largest absolute Gasteiger partial charge is 0.345 e. The molecule has 0 aliphatic heterocycles. The van der Waals surface area contributed by atoms with E-state index in [0.29, 0.717) is 25.3 Å². The maximum atomic E-state index is 12.2. The van der Waals surface area contributed by atoms with Gasteiger partial charge in [0.15, 0.2) is 5.78 Å². The van der Waals surface area contributed by atoms with Crippen molar-refractivity contribution in [3.63, 3.8) is 0 Å². The minimum absolute atomic E-state index is 0.0909. The number of carbonyl (C=O) groups excluding carboxylic acids is 3. The van der Waals surface area contributed by atoms with Crippen molar-refractivity contribution in [1.82, 2.24) is 16.0 Å². The second kappa shape index (κ2) is 12.0. The van der Waals surface area contributed by atoms with Crippen LogP contribution in [0, 0.1) is 5.92 Å². The number of hydrogen-bond acceptors (Lipinski definition) is 5. The molecule has 0 radical (unpaired) electrons. The van der Waals surface area contributed by atoms with E-state index in [4.69, 9.17) is 5.73 Å². The van der Waals surface area contributed by atoms with Gasteiger partial charge in [0.05, 0.1) is 12.1 Å². The molecule has 0 heterocycles. The molecule has 0 aliphatic carbocycles. The minimum Gasteiger partial charge on any atom is -0.345 e. The molecule has 2 amide bonds. The molecule has 0 saturated heterocycles. The molecule has 0 rings (SSSR count). The highest BCUT2D eigenvalue weighted by atomic mass is 16.2. The first-order valence-corrected chi connectivity index (χ1v) is 8.71. The van der Waals surface area contributed by atoms with Crippen LogP contribution in [-0.4, -0.2) is 49.3 Å². The summed E-state index contributed by atoms with van der Waals surface area (Å²) in [5.74, 6) is -0.291. The van der Waals surface area contributed by atoms with Gasteiger partial charge in [-0.2, -0.15) is 0 Å². The summed E-state index contributed by atoms with van der Waals surface area (Å²) >= 11 is 0. The van der Waals surface area contributed by atoms with Crippen LogP contribution in [0.15, 0.2) is 0 Å². The van der Waals surface area contributed by atoms with Gasteiger partial charge < -0.3 is 21.7 Å². The lowest BCUT2D eigenvalue weighted by Crippen LogP contribution is -2.53. The number of nitrogens with two attached hydrogens (primary N) is 1. The lowest BCUT2D eigenvalue weighted by atomic mass is 10.0. The molecule has 5 N–H and O–H groups in total. The fraction of sp³-hybridized carbons (Fsp3) is 0.824. The Bertz CT molecular complexity index is 413. The zero-order valence-corrected chi connectivity index (χ0v) is 15.6. The first kappa shape index (κ1) is 22.5. The highest BCUT2D eigenvalue weighted by Crippen LogP contribution is 2.05. The summed E-state index contributed by atoms with van der Waals surface area (Å²) in [6.07, 6.45) is 2.83. The monoisotopic (exact) mass is 342 g/mol. The molecule has 0 aromatic heterocycles. The normalized spacial score (nSPS) is 14.8. The van der Waals surface area contributed by atoms with E-state index in [2.05, 4.69) is 16.0 Å². The quantitative estimate of drug-likeness (QED) is 0.382. The maximum Gasteiger partial charge on any atom is 0.242 e. The third-order valence-electron chi connectivity index (χ3n) is 3.88. The summed E-state index contributed by atoms with van der Waals surface area (Å²) < 4.78 is 0. The zero-order chi connectivity index (χ0) is 18.7. The minimum atomic E-state index is -0.697. The van der Waals surface area contributed by atoms with Crippen molar-refractivity contribution >= 4 is 17.6 Å². The fourth-order valence-electron chi connectivity index (χ4n) is 2.37. The predicted octanol–water partition coefficient (Wildman–Crippen LogP) is 0.328. The van der Waals surface area contributed by atoms with Gasteiger partial charge >= 0.3 is 0 Å². The molecule has 0 bridgehead atoms. The highest BCUT2D eigenvalue weighted by Gasteiger charge is 2.24. The SMILES string of the molecule is CN[C@@H](CC(C)C)C(=O)NC(C)C(=O)N[C@@H](CCCCN)C(C)=O. The van der Waals surface area contributed by atoms with E-state index in [-0.39, 0.29) is 23.6 Å². The van der Waals surface area contributed by atoms with E-state index in [1.54, 1.807) is 14.0 Å². The zero-order valence-electron chi connectivity index (χ0n) is 15.6. The lowest BCUT2D eigenvalue weighted by Gasteiger charge is -2.23. The molecule has 24 heavy (non-hydrogen) atoms. The van der Waals surface area contributed by atoms with Gasteiger partial charge in [-0.15, -0.1) is 0 Å². The molecular formula is C17H34N4O3. The van der Waals surface area contributed by atoms with E-state index >= 15 is 0 Å². The molecule has 1 unspecified atom stereocenters. The molecule has 0 aromatic carbocycles. The van der Waals surface area contributed by atoms with Crippen molar-refractivity contribution in [2.45, 2.75) is 71.5 Å². The number of hydrogen-bond donors (Lipinski definition) is 4. The van der Waals surface area contributed by atoms with E-state index < -0.39 is 12.1 Å². The van der Waals surface area contributed by atoms with Gasteiger partial charge in [0.25, 0.3) is 0 Å². The summed E-state index contributed by atoms with van der Waals surface area (Å²) in [7, 11) is 1.72. The summed E-state index contributed by atoms with van der Waals surface area (Å²) in [4.78, 5) is 36.1. The molecule has 0 fully saturated rings. The third-order valence-corrected chi connectivity index (χ3v) is 3.88. The van der Waals surface area contributed by atoms with Gasteiger partial charge in [-0.3, -0.25) is 14.4 Å². The number of amides is 2. The summed E-state index contributed by atoms with van der Waals surface area (Å²) in [5.41, 5.74) is 5.45. The smallest absolute Gasteiger partial charge is 0.242 e. The summed E-state index contributed by atoms with van der Waals surface area (Å²) in [5, 5.41) is 8.38. The Balaban J connectivity index is 4.56. The molecule has 7 heteroatoms. The van der Waals surface area contributed by atoms with Gasteiger partial charge in [-0.25, -0.2) is 0 Å². The third kappa shape index (κ3) is 8.98. The molecular weight excluding hydrogens is 308 g/mol. The van der Waals surface area contributed by atoms with E-state index in [9.17, 15) is 14.4 Å². The Kier molecular flexibility index (Phi) is 11.2. The van der Waals surface area contributed by atoms with E-state index in [1.165, 1.54) is 6.92 Å². The average Bonchev–Trinajstić information content (AvgIpc) is 2.50. The van der Waals surface area contributed by atoms with Crippen LogP contribution in [0.3, 0.4) is 0 Å². The van der Waals surface area contributed by atoms with Gasteiger partial charge in [-0.05, 0) is 59.0 Å². The number of rotatable bonds is 12. The first-order chi connectivity index (χ1) is 11.2. The Hall–Kier alpha value is -1.47. The number of unbranched alkanes of at least 4 members (excludes halogenated alkanes) is 1. The van der Waals surface area contributed by atoms with Gasteiger partial charge in [-0.1, -0.05) is 13.8 Å². The van der Waals surface area contributed by atoms with Crippen LogP contribution >= 0.6 is 0 Å². The molecule has 0 saturated carbocycles. The van der Waals surface area contributed by atoms with Crippen molar-refractivity contribution in [3.05, 3.63) is 0 Å². The average molecular weight is 342 g/mol. The van der Waals surface area contributed by atoms with Crippen LogP contribution in [0.4, 0.5) is 0 Å². The number of ketones is 1. The first-order valence-electron chi connectivity index (χ1n) is 8.71. The molecule has 0 aliphatic rings. The van der Waals surface area contributed by atoms with Crippen LogP contribution in [0.25, 0.3) is 0 Å². The van der Waals surface area contributed by atoms with Gasteiger partial charge in [0, 0.05) is 0 Å².